The van der Waals surface area contributed by atoms with Gasteiger partial charge in [0.05, 0.1) is 12.8 Å². The number of anilines is 1. The number of halogens is 1. The van der Waals surface area contributed by atoms with E-state index in [1.54, 1.807) is 0 Å². The normalized spacial score (nSPS) is 17.3. The molecule has 1 aromatic heterocycles. The lowest BCUT2D eigenvalue weighted by Gasteiger charge is -2.21. The second kappa shape index (κ2) is 5.32. The lowest BCUT2D eigenvalue weighted by atomic mass is 10.0. The molecular formula is C10H14ClN3O2. The van der Waals surface area contributed by atoms with E-state index in [0.29, 0.717) is 24.1 Å². The van der Waals surface area contributed by atoms with Crippen LogP contribution in [0.4, 0.5) is 5.69 Å². The summed E-state index contributed by atoms with van der Waals surface area (Å²) in [4.78, 5) is 7.70. The zero-order valence-corrected chi connectivity index (χ0v) is 9.61. The van der Waals surface area contributed by atoms with Crippen molar-refractivity contribution in [3.63, 3.8) is 0 Å². The van der Waals surface area contributed by atoms with Gasteiger partial charge in [0.15, 0.2) is 0 Å². The summed E-state index contributed by atoms with van der Waals surface area (Å²) in [6.07, 6.45) is 3.48. The smallest absolute Gasteiger partial charge is 0.241 e. The molecule has 2 rings (SSSR count). The molecule has 2 heterocycles. The predicted octanol–water partition coefficient (Wildman–Crippen LogP) is 1.52. The van der Waals surface area contributed by atoms with Crippen molar-refractivity contribution < 1.29 is 9.47 Å². The molecule has 6 heteroatoms. The fourth-order valence-corrected chi connectivity index (χ4v) is 1.71. The van der Waals surface area contributed by atoms with Crippen LogP contribution in [0.5, 0.6) is 5.88 Å². The number of nitrogen functional groups attached to an aromatic ring is 1. The molecule has 0 amide bonds. The van der Waals surface area contributed by atoms with Crippen LogP contribution >= 0.6 is 11.6 Å². The minimum absolute atomic E-state index is 0.149. The van der Waals surface area contributed by atoms with Crippen molar-refractivity contribution in [1.82, 2.24) is 9.97 Å². The van der Waals surface area contributed by atoms with E-state index in [1.165, 1.54) is 6.20 Å². The Labute approximate surface area is 98.9 Å². The third kappa shape index (κ3) is 2.96. The Kier molecular flexibility index (Phi) is 3.79. The van der Waals surface area contributed by atoms with E-state index in [-0.39, 0.29) is 5.28 Å². The highest BCUT2D eigenvalue weighted by Crippen LogP contribution is 2.21. The van der Waals surface area contributed by atoms with Crippen molar-refractivity contribution in [2.45, 2.75) is 12.8 Å². The van der Waals surface area contributed by atoms with Gasteiger partial charge in [0.25, 0.3) is 0 Å². The van der Waals surface area contributed by atoms with Gasteiger partial charge in [-0.05, 0) is 30.4 Å². The summed E-state index contributed by atoms with van der Waals surface area (Å²) in [6, 6.07) is 0. The van der Waals surface area contributed by atoms with Crippen molar-refractivity contribution in [2.75, 3.05) is 25.6 Å². The zero-order valence-electron chi connectivity index (χ0n) is 8.86. The van der Waals surface area contributed by atoms with E-state index < -0.39 is 0 Å². The first kappa shape index (κ1) is 11.4. The van der Waals surface area contributed by atoms with Crippen LogP contribution in [-0.4, -0.2) is 29.8 Å². The molecule has 1 aromatic rings. The predicted molar refractivity (Wildman–Crippen MR) is 60.5 cm³/mol. The van der Waals surface area contributed by atoms with Gasteiger partial charge in [-0.25, -0.2) is 4.98 Å². The Balaban J connectivity index is 1.90. The molecule has 1 aliphatic heterocycles. The van der Waals surface area contributed by atoms with Crippen LogP contribution in [-0.2, 0) is 4.74 Å². The standard InChI is InChI=1S/C10H14ClN3O2/c11-10-13-5-8(12)9(14-10)16-6-7-1-3-15-4-2-7/h5,7H,1-4,6,12H2. The summed E-state index contributed by atoms with van der Waals surface area (Å²) in [5.41, 5.74) is 6.09. The molecule has 16 heavy (non-hydrogen) atoms. The fraction of sp³-hybridized carbons (Fsp3) is 0.600. The van der Waals surface area contributed by atoms with Crippen LogP contribution in [0.1, 0.15) is 12.8 Å². The zero-order chi connectivity index (χ0) is 11.4. The van der Waals surface area contributed by atoms with Crippen LogP contribution < -0.4 is 10.5 Å². The third-order valence-electron chi connectivity index (χ3n) is 2.55. The van der Waals surface area contributed by atoms with Gasteiger partial charge in [0, 0.05) is 13.2 Å². The highest BCUT2D eigenvalue weighted by molar-refractivity contribution is 6.28. The van der Waals surface area contributed by atoms with Gasteiger partial charge in [-0.1, -0.05) is 0 Å². The van der Waals surface area contributed by atoms with E-state index in [9.17, 15) is 0 Å². The van der Waals surface area contributed by atoms with Crippen LogP contribution in [0.2, 0.25) is 5.28 Å². The molecule has 1 fully saturated rings. The minimum Gasteiger partial charge on any atom is -0.476 e. The summed E-state index contributed by atoms with van der Waals surface area (Å²) in [5.74, 6) is 0.869. The second-order valence-corrected chi connectivity index (χ2v) is 4.10. The van der Waals surface area contributed by atoms with E-state index in [4.69, 9.17) is 26.8 Å². The first-order valence-electron chi connectivity index (χ1n) is 5.24. The topological polar surface area (TPSA) is 70.3 Å². The maximum absolute atomic E-state index is 5.67. The molecule has 0 aromatic carbocycles. The number of hydrogen-bond donors (Lipinski definition) is 1. The van der Waals surface area contributed by atoms with E-state index in [1.807, 2.05) is 0 Å². The molecule has 5 nitrogen and oxygen atoms in total. The van der Waals surface area contributed by atoms with Crippen molar-refractivity contribution in [3.05, 3.63) is 11.5 Å². The summed E-state index contributed by atoms with van der Waals surface area (Å²) >= 11 is 5.66. The molecule has 1 aliphatic rings. The summed E-state index contributed by atoms with van der Waals surface area (Å²) in [6.45, 7) is 2.20. The lowest BCUT2D eigenvalue weighted by Crippen LogP contribution is -2.22. The van der Waals surface area contributed by atoms with Crippen LogP contribution in [0.3, 0.4) is 0 Å². The average Bonchev–Trinajstić information content (AvgIpc) is 2.32. The highest BCUT2D eigenvalue weighted by atomic mass is 35.5. The summed E-state index contributed by atoms with van der Waals surface area (Å²) in [7, 11) is 0. The van der Waals surface area contributed by atoms with E-state index >= 15 is 0 Å². The number of nitrogens with zero attached hydrogens (tertiary/aromatic N) is 2. The molecule has 2 N–H and O–H groups in total. The van der Waals surface area contributed by atoms with Gasteiger partial charge in [0.2, 0.25) is 11.2 Å². The highest BCUT2D eigenvalue weighted by Gasteiger charge is 2.15. The molecule has 1 saturated heterocycles. The third-order valence-corrected chi connectivity index (χ3v) is 2.73. The van der Waals surface area contributed by atoms with Gasteiger partial charge in [-0.3, -0.25) is 0 Å². The van der Waals surface area contributed by atoms with E-state index in [2.05, 4.69) is 9.97 Å². The number of hydrogen-bond acceptors (Lipinski definition) is 5. The van der Waals surface area contributed by atoms with Crippen molar-refractivity contribution in [2.24, 2.45) is 5.92 Å². The van der Waals surface area contributed by atoms with Crippen molar-refractivity contribution >= 4 is 17.3 Å². The Morgan fingerprint density at radius 1 is 1.50 bits per heavy atom. The summed E-state index contributed by atoms with van der Waals surface area (Å²) < 4.78 is 10.8. The monoisotopic (exact) mass is 243 g/mol. The molecule has 0 atom stereocenters. The first-order valence-corrected chi connectivity index (χ1v) is 5.62. The lowest BCUT2D eigenvalue weighted by molar-refractivity contribution is 0.0491. The molecule has 0 bridgehead atoms. The van der Waals surface area contributed by atoms with Gasteiger partial charge < -0.3 is 15.2 Å². The van der Waals surface area contributed by atoms with Crippen LogP contribution in [0, 0.1) is 5.92 Å². The average molecular weight is 244 g/mol. The Morgan fingerprint density at radius 3 is 3.00 bits per heavy atom. The minimum atomic E-state index is 0.149. The number of nitrogens with two attached hydrogens (primary N) is 1. The molecule has 0 radical (unpaired) electrons. The van der Waals surface area contributed by atoms with Gasteiger partial charge in [-0.2, -0.15) is 4.98 Å². The second-order valence-electron chi connectivity index (χ2n) is 3.77. The van der Waals surface area contributed by atoms with Crippen LogP contribution in [0.25, 0.3) is 0 Å². The van der Waals surface area contributed by atoms with Gasteiger partial charge >= 0.3 is 0 Å². The van der Waals surface area contributed by atoms with Gasteiger partial charge in [-0.15, -0.1) is 0 Å². The van der Waals surface area contributed by atoms with Crippen LogP contribution in [0.15, 0.2) is 6.20 Å². The molecule has 88 valence electrons. The quantitative estimate of drug-likeness (QED) is 0.815. The number of ether oxygens (including phenoxy) is 2. The summed E-state index contributed by atoms with van der Waals surface area (Å²) in [5, 5.41) is 0.149. The molecule has 0 aliphatic carbocycles. The van der Waals surface area contributed by atoms with Crippen molar-refractivity contribution in [1.29, 1.82) is 0 Å². The number of rotatable bonds is 3. The maximum Gasteiger partial charge on any atom is 0.241 e. The van der Waals surface area contributed by atoms with E-state index in [0.717, 1.165) is 26.1 Å². The largest absolute Gasteiger partial charge is 0.476 e. The molecular weight excluding hydrogens is 230 g/mol. The SMILES string of the molecule is Nc1cnc(Cl)nc1OCC1CCOCC1. The van der Waals surface area contributed by atoms with Gasteiger partial charge in [0.1, 0.15) is 5.69 Å². The Hall–Kier alpha value is -1.07. The maximum atomic E-state index is 5.67. The molecule has 0 spiro atoms. The molecule has 0 saturated carbocycles. The molecule has 0 unspecified atom stereocenters. The number of aromatic nitrogens is 2. The van der Waals surface area contributed by atoms with Crippen molar-refractivity contribution in [3.8, 4) is 5.88 Å². The fourth-order valence-electron chi connectivity index (χ4n) is 1.58. The Morgan fingerprint density at radius 2 is 2.25 bits per heavy atom. The first-order chi connectivity index (χ1) is 7.75. The Bertz CT molecular complexity index is 356.